The van der Waals surface area contributed by atoms with Gasteiger partial charge in [-0.3, -0.25) is 0 Å². The average molecular weight is 299 g/mol. The zero-order chi connectivity index (χ0) is 12.4. The summed E-state index contributed by atoms with van der Waals surface area (Å²) in [4.78, 5) is 11.3. The molecule has 0 radical (unpaired) electrons. The zero-order valence-electron chi connectivity index (χ0n) is 9.65. The van der Waals surface area contributed by atoms with Gasteiger partial charge in [0, 0.05) is 4.47 Å². The van der Waals surface area contributed by atoms with Gasteiger partial charge < -0.3 is 9.84 Å². The Labute approximate surface area is 109 Å². The molecule has 0 spiro atoms. The van der Waals surface area contributed by atoms with Gasteiger partial charge in [-0.15, -0.1) is 0 Å². The molecule has 92 valence electrons. The number of halogens is 1. The summed E-state index contributed by atoms with van der Waals surface area (Å²) in [5.41, 5.74) is 2.51. The van der Waals surface area contributed by atoms with Crippen molar-refractivity contribution in [2.45, 2.75) is 25.4 Å². The van der Waals surface area contributed by atoms with E-state index in [1.807, 2.05) is 6.07 Å². The molecule has 1 N–H and O–H groups in total. The van der Waals surface area contributed by atoms with Crippen molar-refractivity contribution in [2.75, 3.05) is 7.11 Å². The predicted molar refractivity (Wildman–Crippen MR) is 67.7 cm³/mol. The summed E-state index contributed by atoms with van der Waals surface area (Å²) in [5, 5.41) is 9.84. The van der Waals surface area contributed by atoms with E-state index in [1.165, 1.54) is 18.2 Å². The fourth-order valence-corrected chi connectivity index (χ4v) is 2.74. The summed E-state index contributed by atoms with van der Waals surface area (Å²) in [5.74, 6) is -0.563. The van der Waals surface area contributed by atoms with E-state index in [-0.39, 0.29) is 5.92 Å². The molecule has 1 aliphatic rings. The first kappa shape index (κ1) is 12.6. The van der Waals surface area contributed by atoms with Crippen LogP contribution in [0.4, 0.5) is 0 Å². The van der Waals surface area contributed by atoms with Crippen molar-refractivity contribution in [3.63, 3.8) is 0 Å². The highest BCUT2D eigenvalue weighted by atomic mass is 79.9. The lowest BCUT2D eigenvalue weighted by Crippen LogP contribution is -2.34. The molecular weight excluding hydrogens is 284 g/mol. The van der Waals surface area contributed by atoms with Gasteiger partial charge in [0.15, 0.2) is 6.10 Å². The largest absolute Gasteiger partial charge is 0.467 e. The van der Waals surface area contributed by atoms with Crippen molar-refractivity contribution in [1.82, 2.24) is 0 Å². The van der Waals surface area contributed by atoms with E-state index in [0.29, 0.717) is 0 Å². The number of hydrogen-bond donors (Lipinski definition) is 1. The molecule has 17 heavy (non-hydrogen) atoms. The van der Waals surface area contributed by atoms with Crippen LogP contribution in [0.25, 0.3) is 0 Å². The first-order chi connectivity index (χ1) is 8.11. The Morgan fingerprint density at radius 2 is 2.29 bits per heavy atom. The molecule has 1 aliphatic carbocycles. The van der Waals surface area contributed by atoms with Crippen LogP contribution < -0.4 is 0 Å². The average Bonchev–Trinajstić information content (AvgIpc) is 2.36. The monoisotopic (exact) mass is 298 g/mol. The summed E-state index contributed by atoms with van der Waals surface area (Å²) in [6, 6.07) is 6.15. The number of aryl methyl sites for hydroxylation is 1. The Morgan fingerprint density at radius 3 is 3.00 bits per heavy atom. The van der Waals surface area contributed by atoms with Gasteiger partial charge in [0.1, 0.15) is 0 Å². The third-order valence-corrected chi connectivity index (χ3v) is 3.82. The Kier molecular flexibility index (Phi) is 3.84. The standard InChI is InChI=1S/C13H15BrO3/c1-17-13(16)12(15)10-3-2-9-7-11(14)5-4-8(9)6-10/h4-5,7,10,12,15H,2-3,6H2,1H3. The van der Waals surface area contributed by atoms with Gasteiger partial charge in [0.25, 0.3) is 0 Å². The topological polar surface area (TPSA) is 46.5 Å². The summed E-state index contributed by atoms with van der Waals surface area (Å²) >= 11 is 3.45. The summed E-state index contributed by atoms with van der Waals surface area (Å²) in [7, 11) is 1.30. The molecule has 1 aromatic rings. The molecule has 3 nitrogen and oxygen atoms in total. The maximum atomic E-state index is 11.3. The smallest absolute Gasteiger partial charge is 0.334 e. The van der Waals surface area contributed by atoms with E-state index < -0.39 is 12.1 Å². The van der Waals surface area contributed by atoms with Gasteiger partial charge in [-0.1, -0.05) is 22.0 Å². The van der Waals surface area contributed by atoms with Gasteiger partial charge >= 0.3 is 5.97 Å². The summed E-state index contributed by atoms with van der Waals surface area (Å²) < 4.78 is 5.65. The van der Waals surface area contributed by atoms with E-state index >= 15 is 0 Å². The number of fused-ring (bicyclic) bond motifs is 1. The lowest BCUT2D eigenvalue weighted by Gasteiger charge is -2.27. The quantitative estimate of drug-likeness (QED) is 0.851. The molecule has 4 heteroatoms. The normalized spacial score (nSPS) is 20.5. The molecule has 2 rings (SSSR count). The van der Waals surface area contributed by atoms with E-state index in [9.17, 15) is 9.90 Å². The number of aliphatic hydroxyl groups excluding tert-OH is 1. The second kappa shape index (κ2) is 5.19. The summed E-state index contributed by atoms with van der Waals surface area (Å²) in [6.07, 6.45) is 1.45. The minimum absolute atomic E-state index is 0.0314. The molecule has 0 saturated carbocycles. The number of carbonyl (C=O) groups is 1. The maximum Gasteiger partial charge on any atom is 0.334 e. The molecule has 2 atom stereocenters. The zero-order valence-corrected chi connectivity index (χ0v) is 11.2. The maximum absolute atomic E-state index is 11.3. The second-order valence-electron chi connectivity index (χ2n) is 4.38. The fraction of sp³-hybridized carbons (Fsp3) is 0.462. The molecule has 1 aromatic carbocycles. The van der Waals surface area contributed by atoms with Crippen LogP contribution in [-0.2, 0) is 22.4 Å². The van der Waals surface area contributed by atoms with Crippen molar-refractivity contribution in [1.29, 1.82) is 0 Å². The van der Waals surface area contributed by atoms with Crippen LogP contribution in [0.1, 0.15) is 17.5 Å². The van der Waals surface area contributed by atoms with Crippen LogP contribution >= 0.6 is 15.9 Å². The van der Waals surface area contributed by atoms with Gasteiger partial charge in [0.2, 0.25) is 0 Å². The second-order valence-corrected chi connectivity index (χ2v) is 5.30. The van der Waals surface area contributed by atoms with Crippen LogP contribution in [0.15, 0.2) is 22.7 Å². The van der Waals surface area contributed by atoms with E-state index in [0.717, 1.165) is 23.7 Å². The number of hydrogen-bond acceptors (Lipinski definition) is 3. The Balaban J connectivity index is 2.13. The number of benzene rings is 1. The Hall–Kier alpha value is -0.870. The van der Waals surface area contributed by atoms with Crippen molar-refractivity contribution in [2.24, 2.45) is 5.92 Å². The van der Waals surface area contributed by atoms with Gasteiger partial charge in [0.05, 0.1) is 7.11 Å². The first-order valence-corrected chi connectivity index (χ1v) is 6.44. The third-order valence-electron chi connectivity index (χ3n) is 3.32. The van der Waals surface area contributed by atoms with E-state index in [4.69, 9.17) is 0 Å². The number of methoxy groups -OCH3 is 1. The molecule has 0 aromatic heterocycles. The lowest BCUT2D eigenvalue weighted by atomic mass is 9.81. The highest BCUT2D eigenvalue weighted by Gasteiger charge is 2.30. The fourth-order valence-electron chi connectivity index (χ4n) is 2.33. The Bertz CT molecular complexity index is 431. The van der Waals surface area contributed by atoms with Crippen LogP contribution in [0.5, 0.6) is 0 Å². The predicted octanol–water partition coefficient (Wildman–Crippen LogP) is 2.09. The molecule has 0 fully saturated rings. The van der Waals surface area contributed by atoms with Crippen LogP contribution in [0.3, 0.4) is 0 Å². The van der Waals surface area contributed by atoms with Crippen LogP contribution in [0.2, 0.25) is 0 Å². The number of ether oxygens (including phenoxy) is 1. The van der Waals surface area contributed by atoms with Crippen molar-refractivity contribution in [3.8, 4) is 0 Å². The highest BCUT2D eigenvalue weighted by molar-refractivity contribution is 9.10. The van der Waals surface area contributed by atoms with Crippen molar-refractivity contribution < 1.29 is 14.6 Å². The molecular formula is C13H15BrO3. The highest BCUT2D eigenvalue weighted by Crippen LogP contribution is 2.29. The number of rotatable bonds is 2. The molecule has 0 aliphatic heterocycles. The third kappa shape index (κ3) is 2.69. The molecule has 0 amide bonds. The minimum atomic E-state index is -1.00. The van der Waals surface area contributed by atoms with Crippen molar-refractivity contribution in [3.05, 3.63) is 33.8 Å². The number of esters is 1. The summed E-state index contributed by atoms with van der Waals surface area (Å²) in [6.45, 7) is 0. The van der Waals surface area contributed by atoms with Crippen LogP contribution in [-0.4, -0.2) is 24.3 Å². The first-order valence-electron chi connectivity index (χ1n) is 5.65. The molecule has 0 heterocycles. The van der Waals surface area contributed by atoms with Gasteiger partial charge in [-0.2, -0.15) is 0 Å². The molecule has 0 bridgehead atoms. The molecule has 0 saturated heterocycles. The molecule has 2 unspecified atom stereocenters. The van der Waals surface area contributed by atoms with Crippen LogP contribution in [0, 0.1) is 5.92 Å². The lowest BCUT2D eigenvalue weighted by molar-refractivity contribution is -0.153. The minimum Gasteiger partial charge on any atom is -0.467 e. The van der Waals surface area contributed by atoms with Gasteiger partial charge in [-0.25, -0.2) is 4.79 Å². The van der Waals surface area contributed by atoms with E-state index in [1.54, 1.807) is 0 Å². The number of aliphatic hydroxyl groups is 1. The van der Waals surface area contributed by atoms with Gasteiger partial charge in [-0.05, 0) is 48.4 Å². The number of carbonyl (C=O) groups excluding carboxylic acids is 1. The SMILES string of the molecule is COC(=O)C(O)C1CCc2cc(Br)ccc2C1. The van der Waals surface area contributed by atoms with Crippen molar-refractivity contribution >= 4 is 21.9 Å². The Morgan fingerprint density at radius 1 is 1.53 bits per heavy atom. The van der Waals surface area contributed by atoms with E-state index in [2.05, 4.69) is 32.8 Å².